The van der Waals surface area contributed by atoms with Gasteiger partial charge in [-0.1, -0.05) is 6.07 Å². The lowest BCUT2D eigenvalue weighted by Crippen LogP contribution is -2.45. The zero-order valence-electron chi connectivity index (χ0n) is 9.77. The van der Waals surface area contributed by atoms with E-state index in [1.807, 2.05) is 0 Å². The number of carbonyl (C=O) groups is 1. The fraction of sp³-hybridized carbons (Fsp3) is 0.364. The molecule has 2 nitrogen and oxygen atoms in total. The summed E-state index contributed by atoms with van der Waals surface area (Å²) in [6.07, 6.45) is -8.10. The standard InChI is InChI=1S/C11H7F7O2/c1-5(8-6(12)3-2-4-7(8)13)20-9(19)10(14,15)11(16,17)18/h2-5H,1H3. The Morgan fingerprint density at radius 3 is 1.95 bits per heavy atom. The molecule has 0 fully saturated rings. The highest BCUT2D eigenvalue weighted by molar-refractivity contribution is 5.78. The lowest BCUT2D eigenvalue weighted by atomic mass is 10.1. The molecule has 0 saturated carbocycles. The number of carbonyl (C=O) groups excluding carboxylic acids is 1. The van der Waals surface area contributed by atoms with Crippen molar-refractivity contribution in [1.29, 1.82) is 0 Å². The lowest BCUT2D eigenvalue weighted by Gasteiger charge is -2.21. The second-order valence-electron chi connectivity index (χ2n) is 3.76. The number of alkyl halides is 5. The molecule has 0 saturated heterocycles. The minimum atomic E-state index is -6.16. The molecule has 0 radical (unpaired) electrons. The minimum Gasteiger partial charge on any atom is -0.453 e. The van der Waals surface area contributed by atoms with Crippen molar-refractivity contribution < 1.29 is 40.3 Å². The van der Waals surface area contributed by atoms with E-state index in [4.69, 9.17) is 0 Å². The van der Waals surface area contributed by atoms with Crippen LogP contribution in [0.1, 0.15) is 18.6 Å². The van der Waals surface area contributed by atoms with Crippen molar-refractivity contribution in [2.75, 3.05) is 0 Å². The maximum absolute atomic E-state index is 13.2. The monoisotopic (exact) mass is 304 g/mol. The summed E-state index contributed by atoms with van der Waals surface area (Å²) < 4.78 is 91.2. The molecule has 1 aromatic rings. The summed E-state index contributed by atoms with van der Waals surface area (Å²) in [5.41, 5.74) is -0.918. The number of ether oxygens (including phenoxy) is 1. The summed E-state index contributed by atoms with van der Waals surface area (Å²) in [6, 6.07) is 2.43. The van der Waals surface area contributed by atoms with Crippen molar-refractivity contribution in [3.8, 4) is 0 Å². The molecular weight excluding hydrogens is 297 g/mol. The van der Waals surface area contributed by atoms with Gasteiger partial charge in [0.05, 0.1) is 5.56 Å². The molecule has 0 aromatic heterocycles. The van der Waals surface area contributed by atoms with Crippen molar-refractivity contribution >= 4 is 5.97 Å². The van der Waals surface area contributed by atoms with Gasteiger partial charge in [-0.2, -0.15) is 22.0 Å². The third-order valence-electron chi connectivity index (χ3n) is 2.30. The summed E-state index contributed by atoms with van der Waals surface area (Å²) in [4.78, 5) is 10.8. The molecule has 0 aliphatic carbocycles. The molecule has 0 amide bonds. The first-order valence-electron chi connectivity index (χ1n) is 5.08. The van der Waals surface area contributed by atoms with Gasteiger partial charge in [-0.25, -0.2) is 13.6 Å². The molecule has 0 spiro atoms. The van der Waals surface area contributed by atoms with Crippen molar-refractivity contribution in [2.45, 2.75) is 25.1 Å². The Morgan fingerprint density at radius 2 is 1.55 bits per heavy atom. The van der Waals surface area contributed by atoms with Gasteiger partial charge in [-0.15, -0.1) is 0 Å². The van der Waals surface area contributed by atoms with Gasteiger partial charge >= 0.3 is 18.1 Å². The maximum atomic E-state index is 13.2. The van der Waals surface area contributed by atoms with E-state index in [1.54, 1.807) is 0 Å². The molecular formula is C11H7F7O2. The molecule has 0 N–H and O–H groups in total. The van der Waals surface area contributed by atoms with Crippen LogP contribution in [0.4, 0.5) is 30.7 Å². The average molecular weight is 304 g/mol. The van der Waals surface area contributed by atoms with Crippen LogP contribution >= 0.6 is 0 Å². The Kier molecular flexibility index (Phi) is 4.30. The molecule has 0 bridgehead atoms. The Morgan fingerprint density at radius 1 is 1.10 bits per heavy atom. The van der Waals surface area contributed by atoms with Gasteiger partial charge in [-0.3, -0.25) is 0 Å². The SMILES string of the molecule is CC(OC(=O)C(F)(F)C(F)(F)F)c1c(F)cccc1F. The molecule has 20 heavy (non-hydrogen) atoms. The van der Waals surface area contributed by atoms with Crippen LogP contribution in [0, 0.1) is 11.6 Å². The summed E-state index contributed by atoms with van der Waals surface area (Å²) in [5, 5.41) is 0. The Bertz CT molecular complexity index is 490. The van der Waals surface area contributed by atoms with E-state index in [2.05, 4.69) is 4.74 Å². The number of halogens is 7. The Balaban J connectivity index is 2.97. The normalized spacial score (nSPS) is 14.0. The summed E-state index contributed by atoms with van der Waals surface area (Å²) in [7, 11) is 0. The maximum Gasteiger partial charge on any atom is 0.465 e. The summed E-state index contributed by atoms with van der Waals surface area (Å²) in [5.74, 6) is -11.2. The fourth-order valence-corrected chi connectivity index (χ4v) is 1.31. The zero-order valence-corrected chi connectivity index (χ0v) is 9.77. The van der Waals surface area contributed by atoms with Crippen LogP contribution in [0.25, 0.3) is 0 Å². The first-order valence-corrected chi connectivity index (χ1v) is 5.08. The number of esters is 1. The van der Waals surface area contributed by atoms with Crippen LogP contribution in [0.2, 0.25) is 0 Å². The number of rotatable bonds is 3. The number of benzene rings is 1. The average Bonchev–Trinajstić information content (AvgIpc) is 2.26. The first-order chi connectivity index (χ1) is 8.98. The van der Waals surface area contributed by atoms with E-state index in [0.29, 0.717) is 0 Å². The lowest BCUT2D eigenvalue weighted by molar-refractivity contribution is -0.282. The van der Waals surface area contributed by atoms with Gasteiger partial charge in [0.2, 0.25) is 0 Å². The van der Waals surface area contributed by atoms with Crippen molar-refractivity contribution in [3.05, 3.63) is 35.4 Å². The largest absolute Gasteiger partial charge is 0.465 e. The molecule has 0 heterocycles. The first kappa shape index (κ1) is 16.3. The van der Waals surface area contributed by atoms with Crippen LogP contribution in [0.15, 0.2) is 18.2 Å². The highest BCUT2D eigenvalue weighted by Gasteiger charge is 2.65. The molecule has 1 atom stereocenters. The van der Waals surface area contributed by atoms with Crippen LogP contribution in [0.5, 0.6) is 0 Å². The number of hydrogen-bond donors (Lipinski definition) is 0. The van der Waals surface area contributed by atoms with Crippen LogP contribution in [-0.4, -0.2) is 18.1 Å². The van der Waals surface area contributed by atoms with Crippen molar-refractivity contribution in [3.63, 3.8) is 0 Å². The second kappa shape index (κ2) is 5.29. The highest BCUT2D eigenvalue weighted by Crippen LogP contribution is 2.37. The molecule has 0 aliphatic rings. The third kappa shape index (κ3) is 3.02. The minimum absolute atomic E-state index is 0.741. The van der Waals surface area contributed by atoms with Crippen molar-refractivity contribution in [1.82, 2.24) is 0 Å². The summed E-state index contributed by atoms with van der Waals surface area (Å²) in [6.45, 7) is 0.770. The topological polar surface area (TPSA) is 26.3 Å². The molecule has 1 rings (SSSR count). The van der Waals surface area contributed by atoms with Crippen LogP contribution in [0.3, 0.4) is 0 Å². The van der Waals surface area contributed by atoms with Crippen molar-refractivity contribution in [2.24, 2.45) is 0 Å². The molecule has 1 aromatic carbocycles. The van der Waals surface area contributed by atoms with Gasteiger partial charge < -0.3 is 4.74 Å². The fourth-order valence-electron chi connectivity index (χ4n) is 1.31. The predicted octanol–water partition coefficient (Wildman–Crippen LogP) is 3.77. The van der Waals surface area contributed by atoms with E-state index in [1.165, 1.54) is 0 Å². The second-order valence-corrected chi connectivity index (χ2v) is 3.76. The predicted molar refractivity (Wildman–Crippen MR) is 51.9 cm³/mol. The molecule has 112 valence electrons. The highest BCUT2D eigenvalue weighted by atomic mass is 19.4. The number of hydrogen-bond acceptors (Lipinski definition) is 2. The van der Waals surface area contributed by atoms with Gasteiger partial charge in [0.1, 0.15) is 17.7 Å². The third-order valence-corrected chi connectivity index (χ3v) is 2.30. The van der Waals surface area contributed by atoms with E-state index < -0.39 is 41.4 Å². The van der Waals surface area contributed by atoms with E-state index >= 15 is 0 Å². The van der Waals surface area contributed by atoms with Crippen LogP contribution < -0.4 is 0 Å². The van der Waals surface area contributed by atoms with Gasteiger partial charge in [-0.05, 0) is 19.1 Å². The molecule has 1 unspecified atom stereocenters. The molecule has 0 aliphatic heterocycles. The van der Waals surface area contributed by atoms with Gasteiger partial charge in [0, 0.05) is 0 Å². The van der Waals surface area contributed by atoms with E-state index in [0.717, 1.165) is 25.1 Å². The van der Waals surface area contributed by atoms with Gasteiger partial charge in [0.25, 0.3) is 0 Å². The zero-order chi connectivity index (χ0) is 15.7. The smallest absolute Gasteiger partial charge is 0.453 e. The van der Waals surface area contributed by atoms with Gasteiger partial charge in [0.15, 0.2) is 0 Å². The van der Waals surface area contributed by atoms with E-state index in [9.17, 15) is 35.5 Å². The van der Waals surface area contributed by atoms with Crippen LogP contribution in [-0.2, 0) is 9.53 Å². The molecule has 9 heteroatoms. The quantitative estimate of drug-likeness (QED) is 0.628. The Hall–Kier alpha value is -1.80. The summed E-state index contributed by atoms with van der Waals surface area (Å²) >= 11 is 0. The van der Waals surface area contributed by atoms with E-state index in [-0.39, 0.29) is 0 Å². The Labute approximate surface area is 108 Å².